The van der Waals surface area contributed by atoms with Crippen molar-refractivity contribution in [2.24, 2.45) is 0 Å². The molecule has 0 unspecified atom stereocenters. The van der Waals surface area contributed by atoms with Crippen molar-refractivity contribution in [1.82, 2.24) is 9.55 Å². The highest BCUT2D eigenvalue weighted by Gasteiger charge is 2.28. The summed E-state index contributed by atoms with van der Waals surface area (Å²) in [5.74, 6) is 0.863. The highest BCUT2D eigenvalue weighted by Crippen LogP contribution is 2.50. The fourth-order valence-corrected chi connectivity index (χ4v) is 11.2. The Morgan fingerprint density at radius 3 is 1.81 bits per heavy atom. The van der Waals surface area contributed by atoms with Crippen LogP contribution in [0.15, 0.2) is 255 Å². The van der Waals surface area contributed by atoms with Gasteiger partial charge in [-0.15, -0.1) is 0 Å². The van der Waals surface area contributed by atoms with Crippen LogP contribution in [0.4, 0.5) is 34.1 Å². The van der Waals surface area contributed by atoms with E-state index in [1.807, 2.05) is 6.20 Å². The highest BCUT2D eigenvalue weighted by molar-refractivity contribution is 6.11. The Kier molecular flexibility index (Phi) is 10.9. The van der Waals surface area contributed by atoms with Gasteiger partial charge < -0.3 is 14.7 Å². The van der Waals surface area contributed by atoms with E-state index in [2.05, 4.69) is 275 Å². The quantitative estimate of drug-likeness (QED) is 0.137. The van der Waals surface area contributed by atoms with E-state index < -0.39 is 0 Å². The Labute approximate surface area is 421 Å². The van der Waals surface area contributed by atoms with Crippen LogP contribution in [-0.2, 0) is 0 Å². The van der Waals surface area contributed by atoms with Crippen LogP contribution in [0.1, 0.15) is 18.4 Å². The van der Waals surface area contributed by atoms with E-state index in [1.165, 1.54) is 44.6 Å². The minimum Gasteiger partial charge on any atom is -0.355 e. The summed E-state index contributed by atoms with van der Waals surface area (Å²) in [5.41, 5.74) is 20.8. The lowest BCUT2D eigenvalue weighted by Gasteiger charge is -2.31. The van der Waals surface area contributed by atoms with Gasteiger partial charge in [-0.05, 0) is 118 Å². The monoisotopic (exact) mass is 925 g/mol. The first kappa shape index (κ1) is 42.9. The van der Waals surface area contributed by atoms with Crippen LogP contribution in [0.5, 0.6) is 0 Å². The fraction of sp³-hybridized carbons (Fsp3) is 0.0597. The molecule has 0 saturated heterocycles. The number of aromatic nitrogens is 2. The van der Waals surface area contributed by atoms with Crippen molar-refractivity contribution in [3.05, 3.63) is 261 Å². The van der Waals surface area contributed by atoms with Gasteiger partial charge in [0.05, 0.1) is 34.8 Å². The fourth-order valence-electron chi connectivity index (χ4n) is 11.2. The average Bonchev–Trinajstić information content (AvgIpc) is 3.98. The first-order chi connectivity index (χ1) is 35.7. The van der Waals surface area contributed by atoms with Gasteiger partial charge in [0.1, 0.15) is 5.82 Å². The van der Waals surface area contributed by atoms with Crippen molar-refractivity contribution in [3.63, 3.8) is 0 Å². The molecular weight excluding hydrogens is 875 g/mol. The lowest BCUT2D eigenvalue weighted by atomic mass is 9.85. The summed E-state index contributed by atoms with van der Waals surface area (Å²) in [7, 11) is 2.17. The zero-order chi connectivity index (χ0) is 48.0. The molecule has 0 bridgehead atoms. The second-order valence-electron chi connectivity index (χ2n) is 18.8. The molecule has 11 aromatic rings. The molecule has 0 saturated carbocycles. The van der Waals surface area contributed by atoms with Gasteiger partial charge in [-0.1, -0.05) is 188 Å². The van der Waals surface area contributed by atoms with Crippen LogP contribution in [0.25, 0.3) is 77.7 Å². The molecule has 72 heavy (non-hydrogen) atoms. The Morgan fingerprint density at radius 2 is 1.08 bits per heavy atom. The Morgan fingerprint density at radius 1 is 0.472 bits per heavy atom. The Balaban J connectivity index is 1.06. The van der Waals surface area contributed by atoms with Gasteiger partial charge in [0.2, 0.25) is 0 Å². The molecule has 2 aliphatic rings. The Hall–Kier alpha value is -9.19. The van der Waals surface area contributed by atoms with Crippen LogP contribution in [-0.4, -0.2) is 23.3 Å². The third-order valence-corrected chi connectivity index (χ3v) is 14.5. The average molecular weight is 926 g/mol. The molecule has 0 amide bonds. The first-order valence-corrected chi connectivity index (χ1v) is 24.9. The van der Waals surface area contributed by atoms with E-state index in [0.717, 1.165) is 92.3 Å². The maximum absolute atomic E-state index is 5.24. The molecule has 0 spiro atoms. The van der Waals surface area contributed by atoms with Crippen molar-refractivity contribution < 1.29 is 0 Å². The van der Waals surface area contributed by atoms with E-state index >= 15 is 0 Å². The van der Waals surface area contributed by atoms with E-state index in [4.69, 9.17) is 4.98 Å². The number of allylic oxidation sites excluding steroid dienone is 4. The summed E-state index contributed by atoms with van der Waals surface area (Å²) in [5, 5.41) is 2.34. The second kappa shape index (κ2) is 18.3. The summed E-state index contributed by atoms with van der Waals surface area (Å²) in [6, 6.07) is 83.9. The molecule has 1 aliphatic heterocycles. The maximum Gasteiger partial charge on any atom is 0.138 e. The molecule has 0 N–H and O–H groups in total. The minimum absolute atomic E-state index is 0.753. The van der Waals surface area contributed by atoms with E-state index in [9.17, 15) is 0 Å². The predicted molar refractivity (Wildman–Crippen MR) is 303 cm³/mol. The van der Waals surface area contributed by atoms with Gasteiger partial charge in [-0.2, -0.15) is 0 Å². The number of pyridine rings is 1. The predicted octanol–water partition coefficient (Wildman–Crippen LogP) is 17.6. The molecule has 5 heteroatoms. The van der Waals surface area contributed by atoms with Crippen molar-refractivity contribution in [2.45, 2.75) is 12.8 Å². The third-order valence-electron chi connectivity index (χ3n) is 14.5. The SMILES string of the molecule is CN1CN(c2cccc(N(c3ccc4c5ccccc5n(-c5cc(-c6c(C7=CC=CCC7)cccc6-c6ccccc6)ccn5)c4c3)c3c(-c4ccccc4)cccc3-c3ccccc3)c2)c2ccccc21. The number of para-hydroxylation sites is 4. The van der Waals surface area contributed by atoms with Gasteiger partial charge in [-0.25, -0.2) is 4.98 Å². The number of hydrogen-bond acceptors (Lipinski definition) is 4. The van der Waals surface area contributed by atoms with Crippen molar-refractivity contribution in [3.8, 4) is 50.3 Å². The summed E-state index contributed by atoms with van der Waals surface area (Å²) >= 11 is 0. The molecule has 3 heterocycles. The molecular formula is C67H51N5. The molecule has 13 rings (SSSR count). The topological polar surface area (TPSA) is 27.5 Å². The summed E-state index contributed by atoms with van der Waals surface area (Å²) in [6.07, 6.45) is 10.8. The number of hydrogen-bond donors (Lipinski definition) is 0. The molecule has 344 valence electrons. The van der Waals surface area contributed by atoms with Crippen molar-refractivity contribution >= 4 is 61.5 Å². The number of benzene rings is 9. The zero-order valence-corrected chi connectivity index (χ0v) is 40.1. The van der Waals surface area contributed by atoms with Crippen molar-refractivity contribution in [2.75, 3.05) is 28.4 Å². The lowest BCUT2D eigenvalue weighted by molar-refractivity contribution is 0.949. The lowest BCUT2D eigenvalue weighted by Crippen LogP contribution is -2.24. The summed E-state index contributed by atoms with van der Waals surface area (Å²) < 4.78 is 2.37. The third kappa shape index (κ3) is 7.54. The normalized spacial score (nSPS) is 13.2. The van der Waals surface area contributed by atoms with Gasteiger partial charge in [-0.3, -0.25) is 4.57 Å². The van der Waals surface area contributed by atoms with Crippen LogP contribution in [0, 0.1) is 0 Å². The number of nitrogens with zero attached hydrogens (tertiary/aromatic N) is 5. The van der Waals surface area contributed by atoms with E-state index in [0.29, 0.717) is 0 Å². The van der Waals surface area contributed by atoms with Crippen molar-refractivity contribution in [1.29, 1.82) is 0 Å². The molecule has 0 fully saturated rings. The molecule has 1 aliphatic carbocycles. The molecule has 0 atom stereocenters. The number of fused-ring (bicyclic) bond motifs is 4. The van der Waals surface area contributed by atoms with Crippen LogP contribution >= 0.6 is 0 Å². The smallest absolute Gasteiger partial charge is 0.138 e. The minimum atomic E-state index is 0.753. The van der Waals surface area contributed by atoms with Crippen LogP contribution in [0.3, 0.4) is 0 Å². The standard InChI is InChI=1S/C67H51N5/c1-69-46-70(63-38-17-16-37-62(63)69)52-29-18-30-53(44-52)71(67-57(49-25-10-4-11-26-49)34-20-35-58(67)50-27-12-5-13-28-50)54-39-40-60-59-31-14-15-36-61(59)72(64(60)45-54)65-43-51(41-42-68-65)66-55(47-21-6-2-7-22-47)32-19-33-56(66)48-23-8-3-9-24-48/h2-8,10-23,25-45H,9,24,46H2,1H3. The van der Waals surface area contributed by atoms with E-state index in [-0.39, 0.29) is 0 Å². The molecule has 9 aromatic carbocycles. The maximum atomic E-state index is 5.24. The summed E-state index contributed by atoms with van der Waals surface area (Å²) in [4.78, 5) is 12.5. The van der Waals surface area contributed by atoms with Gasteiger partial charge in [0.25, 0.3) is 0 Å². The summed E-state index contributed by atoms with van der Waals surface area (Å²) in [6.45, 7) is 0.753. The number of rotatable bonds is 10. The number of anilines is 6. The zero-order valence-electron chi connectivity index (χ0n) is 40.1. The Bertz CT molecular complexity index is 3810. The van der Waals surface area contributed by atoms with Crippen LogP contribution in [0.2, 0.25) is 0 Å². The van der Waals surface area contributed by atoms with Gasteiger partial charge in [0.15, 0.2) is 0 Å². The second-order valence-corrected chi connectivity index (χ2v) is 18.8. The molecule has 0 radical (unpaired) electrons. The van der Waals surface area contributed by atoms with Crippen LogP contribution < -0.4 is 14.7 Å². The molecule has 2 aromatic heterocycles. The largest absolute Gasteiger partial charge is 0.355 e. The molecule has 5 nitrogen and oxygen atoms in total. The van der Waals surface area contributed by atoms with Gasteiger partial charge in [0, 0.05) is 52.2 Å². The van der Waals surface area contributed by atoms with E-state index in [1.54, 1.807) is 0 Å². The first-order valence-electron chi connectivity index (χ1n) is 24.9. The highest BCUT2D eigenvalue weighted by atomic mass is 15.4. The van der Waals surface area contributed by atoms with Gasteiger partial charge >= 0.3 is 0 Å².